The van der Waals surface area contributed by atoms with Crippen LogP contribution in [-0.2, 0) is 14.3 Å². The van der Waals surface area contributed by atoms with E-state index < -0.39 is 5.41 Å². The van der Waals surface area contributed by atoms with Gasteiger partial charge < -0.3 is 14.5 Å². The molecule has 1 aromatic rings. The third-order valence-electron chi connectivity index (χ3n) is 5.99. The van der Waals surface area contributed by atoms with E-state index in [2.05, 4.69) is 12.1 Å². The van der Waals surface area contributed by atoms with E-state index in [1.54, 1.807) is 0 Å². The van der Waals surface area contributed by atoms with Crippen LogP contribution >= 0.6 is 0 Å². The highest BCUT2D eigenvalue weighted by molar-refractivity contribution is 5.89. The van der Waals surface area contributed by atoms with Crippen LogP contribution < -0.4 is 0 Å². The van der Waals surface area contributed by atoms with E-state index in [0.717, 1.165) is 19.4 Å². The van der Waals surface area contributed by atoms with E-state index in [9.17, 15) is 9.59 Å². The van der Waals surface area contributed by atoms with Gasteiger partial charge in [0.25, 0.3) is 0 Å². The van der Waals surface area contributed by atoms with Gasteiger partial charge in [-0.15, -0.1) is 0 Å². The summed E-state index contributed by atoms with van der Waals surface area (Å²) in [6.07, 6.45) is 1.56. The Hall–Kier alpha value is -1.88. The summed E-state index contributed by atoms with van der Waals surface area (Å²) in [5, 5.41) is 0. The average molecular weight is 328 g/mol. The van der Waals surface area contributed by atoms with Gasteiger partial charge in [-0.05, 0) is 18.4 Å². The number of likely N-dealkylation sites (tertiary alicyclic amines) is 2. The van der Waals surface area contributed by atoms with E-state index in [-0.39, 0.29) is 23.7 Å². The first-order valence-corrected chi connectivity index (χ1v) is 8.79. The van der Waals surface area contributed by atoms with Gasteiger partial charge >= 0.3 is 0 Å². The first-order valence-electron chi connectivity index (χ1n) is 8.79. The highest BCUT2D eigenvalue weighted by Crippen LogP contribution is 2.49. The van der Waals surface area contributed by atoms with Crippen molar-refractivity contribution in [3.05, 3.63) is 35.9 Å². The lowest BCUT2D eigenvalue weighted by Crippen LogP contribution is -2.41. The number of carbonyl (C=O) groups is 2. The summed E-state index contributed by atoms with van der Waals surface area (Å²) in [5.74, 6) is 0.492. The summed E-state index contributed by atoms with van der Waals surface area (Å²) < 4.78 is 5.36. The molecule has 5 heteroatoms. The molecule has 0 unspecified atom stereocenters. The maximum absolute atomic E-state index is 13.0. The topological polar surface area (TPSA) is 49.9 Å². The van der Waals surface area contributed by atoms with E-state index in [1.165, 1.54) is 5.56 Å². The van der Waals surface area contributed by atoms with Crippen molar-refractivity contribution in [1.82, 2.24) is 9.80 Å². The van der Waals surface area contributed by atoms with Crippen molar-refractivity contribution in [1.29, 1.82) is 0 Å². The lowest BCUT2D eigenvalue weighted by molar-refractivity contribution is -0.137. The van der Waals surface area contributed by atoms with Crippen LogP contribution in [0.25, 0.3) is 0 Å². The number of hydrogen-bond acceptors (Lipinski definition) is 3. The van der Waals surface area contributed by atoms with Crippen LogP contribution in [0.15, 0.2) is 30.3 Å². The van der Waals surface area contributed by atoms with Crippen molar-refractivity contribution in [2.45, 2.75) is 18.8 Å². The van der Waals surface area contributed by atoms with Crippen LogP contribution in [0.5, 0.6) is 0 Å². The first kappa shape index (κ1) is 15.6. The van der Waals surface area contributed by atoms with Crippen molar-refractivity contribution in [3.63, 3.8) is 0 Å². The molecule has 2 amide bonds. The third-order valence-corrected chi connectivity index (χ3v) is 5.99. The van der Waals surface area contributed by atoms with E-state index in [1.807, 2.05) is 35.0 Å². The Morgan fingerprint density at radius 1 is 1.29 bits per heavy atom. The molecule has 1 aromatic carbocycles. The average Bonchev–Trinajstić information content (AvgIpc) is 3.33. The molecule has 3 saturated heterocycles. The first-order chi connectivity index (χ1) is 11.6. The number of nitrogens with zero attached hydrogens (tertiary/aromatic N) is 2. The van der Waals surface area contributed by atoms with Crippen LogP contribution in [-0.4, -0.2) is 61.5 Å². The molecule has 0 bridgehead atoms. The highest BCUT2D eigenvalue weighted by atomic mass is 16.5. The van der Waals surface area contributed by atoms with Crippen LogP contribution in [0.4, 0.5) is 0 Å². The molecule has 3 atom stereocenters. The van der Waals surface area contributed by atoms with Gasteiger partial charge in [0.2, 0.25) is 11.8 Å². The summed E-state index contributed by atoms with van der Waals surface area (Å²) in [7, 11) is 1.88. The van der Waals surface area contributed by atoms with Gasteiger partial charge in [-0.2, -0.15) is 0 Å². The number of amides is 2. The minimum Gasteiger partial charge on any atom is -0.381 e. The van der Waals surface area contributed by atoms with Crippen molar-refractivity contribution in [2.75, 3.05) is 39.9 Å². The molecule has 0 radical (unpaired) electrons. The molecule has 5 nitrogen and oxygen atoms in total. The molecule has 0 aliphatic carbocycles. The summed E-state index contributed by atoms with van der Waals surface area (Å²) in [5.41, 5.74) is 0.749. The molecule has 3 heterocycles. The van der Waals surface area contributed by atoms with E-state index in [4.69, 9.17) is 4.74 Å². The number of likely N-dealkylation sites (N-methyl/N-ethyl adjacent to an activating group) is 1. The van der Waals surface area contributed by atoms with Gasteiger partial charge in [0.15, 0.2) is 0 Å². The van der Waals surface area contributed by atoms with Gasteiger partial charge in [0.05, 0.1) is 17.9 Å². The Kier molecular flexibility index (Phi) is 3.83. The fourth-order valence-corrected chi connectivity index (χ4v) is 4.64. The summed E-state index contributed by atoms with van der Waals surface area (Å²) >= 11 is 0. The molecule has 24 heavy (non-hydrogen) atoms. The summed E-state index contributed by atoms with van der Waals surface area (Å²) in [6, 6.07) is 10.3. The van der Waals surface area contributed by atoms with Crippen molar-refractivity contribution in [3.8, 4) is 0 Å². The molecular formula is C19H24N2O3. The number of rotatable bonds is 2. The Balaban J connectivity index is 1.60. The molecular weight excluding hydrogens is 304 g/mol. The third kappa shape index (κ3) is 2.34. The predicted molar refractivity (Wildman–Crippen MR) is 89.4 cm³/mol. The van der Waals surface area contributed by atoms with Crippen LogP contribution in [0.2, 0.25) is 0 Å². The largest absolute Gasteiger partial charge is 0.381 e. The lowest BCUT2D eigenvalue weighted by Gasteiger charge is -2.29. The second-order valence-electron chi connectivity index (χ2n) is 7.38. The van der Waals surface area contributed by atoms with Gasteiger partial charge in [-0.3, -0.25) is 9.59 Å². The fraction of sp³-hybridized carbons (Fsp3) is 0.579. The Morgan fingerprint density at radius 3 is 2.79 bits per heavy atom. The monoisotopic (exact) mass is 328 g/mol. The lowest BCUT2D eigenvalue weighted by atomic mass is 9.73. The maximum atomic E-state index is 13.0. The van der Waals surface area contributed by atoms with Gasteiger partial charge in [-0.25, -0.2) is 0 Å². The van der Waals surface area contributed by atoms with E-state index >= 15 is 0 Å². The van der Waals surface area contributed by atoms with E-state index in [0.29, 0.717) is 26.3 Å². The van der Waals surface area contributed by atoms with Crippen molar-refractivity contribution < 1.29 is 14.3 Å². The molecule has 0 N–H and O–H groups in total. The maximum Gasteiger partial charge on any atom is 0.231 e. The zero-order chi connectivity index (χ0) is 16.7. The summed E-state index contributed by atoms with van der Waals surface area (Å²) in [4.78, 5) is 29.5. The van der Waals surface area contributed by atoms with Gasteiger partial charge in [0, 0.05) is 39.2 Å². The minimum absolute atomic E-state index is 0.0236. The highest BCUT2D eigenvalue weighted by Gasteiger charge is 2.57. The Bertz CT molecular complexity index is 641. The van der Waals surface area contributed by atoms with Gasteiger partial charge in [0.1, 0.15) is 0 Å². The number of hydrogen-bond donors (Lipinski definition) is 0. The van der Waals surface area contributed by atoms with Crippen LogP contribution in [0.1, 0.15) is 24.3 Å². The normalized spacial score (nSPS) is 33.0. The molecule has 0 aromatic heterocycles. The SMILES string of the molecule is CN1C[C@H](c2ccccc2)[C@]2(CCN(C(=O)[C@H]3CCOC3)C2)C1=O. The molecule has 4 rings (SSSR count). The molecule has 1 spiro atoms. The van der Waals surface area contributed by atoms with Crippen LogP contribution in [0.3, 0.4) is 0 Å². The standard InChI is InChI=1S/C19H24N2O3/c1-20-11-16(14-5-3-2-4-6-14)19(18(20)23)8-9-21(13-19)17(22)15-7-10-24-12-15/h2-6,15-16H,7-13H2,1H3/t15-,16+,19+/m0/s1. The molecule has 3 aliphatic heterocycles. The second kappa shape index (κ2) is 5.88. The molecule has 3 aliphatic rings. The molecule has 128 valence electrons. The zero-order valence-electron chi connectivity index (χ0n) is 14.1. The van der Waals surface area contributed by atoms with Crippen molar-refractivity contribution >= 4 is 11.8 Å². The Labute approximate surface area is 142 Å². The number of benzene rings is 1. The fourth-order valence-electron chi connectivity index (χ4n) is 4.64. The summed E-state index contributed by atoms with van der Waals surface area (Å²) in [6.45, 7) is 3.16. The molecule has 0 saturated carbocycles. The minimum atomic E-state index is -0.453. The zero-order valence-corrected chi connectivity index (χ0v) is 14.1. The number of carbonyl (C=O) groups excluding carboxylic acids is 2. The van der Waals surface area contributed by atoms with Gasteiger partial charge in [-0.1, -0.05) is 30.3 Å². The smallest absolute Gasteiger partial charge is 0.231 e. The number of ether oxygens (including phenoxy) is 1. The second-order valence-corrected chi connectivity index (χ2v) is 7.38. The van der Waals surface area contributed by atoms with Crippen LogP contribution in [0, 0.1) is 11.3 Å². The van der Waals surface area contributed by atoms with Crippen molar-refractivity contribution in [2.24, 2.45) is 11.3 Å². The quantitative estimate of drug-likeness (QED) is 0.827. The molecule has 3 fully saturated rings. The Morgan fingerprint density at radius 2 is 2.08 bits per heavy atom. The predicted octanol–water partition coefficient (Wildman–Crippen LogP) is 1.50.